The fourth-order valence-electron chi connectivity index (χ4n) is 1.19. The van der Waals surface area contributed by atoms with Crippen molar-refractivity contribution in [1.82, 2.24) is 0 Å². The van der Waals surface area contributed by atoms with Crippen LogP contribution in [0.4, 0.5) is 0 Å². The molecule has 0 unspecified atom stereocenters. The lowest BCUT2D eigenvalue weighted by atomic mass is 10.1. The van der Waals surface area contributed by atoms with Crippen molar-refractivity contribution in [3.63, 3.8) is 0 Å². The Hall–Kier alpha value is -0.340. The molecule has 4 nitrogen and oxygen atoms in total. The third-order valence-electron chi connectivity index (χ3n) is 2.11. The number of aliphatic hydroxyl groups is 1. The molecule has 0 saturated heterocycles. The molecule has 1 aromatic carbocycles. The van der Waals surface area contributed by atoms with Gasteiger partial charge >= 0.3 is 0 Å². The fraction of sp³-hybridized carbons (Fsp3) is 0.400. The van der Waals surface area contributed by atoms with Crippen molar-refractivity contribution in [2.24, 2.45) is 0 Å². The Morgan fingerprint density at radius 1 is 1.31 bits per heavy atom. The molecule has 1 N–H and O–H groups in total. The number of aliphatic hydroxyl groups excluding tert-OH is 1. The summed E-state index contributed by atoms with van der Waals surface area (Å²) in [7, 11) is -1.72. The van der Waals surface area contributed by atoms with Crippen molar-refractivity contribution in [2.45, 2.75) is 9.36 Å². The van der Waals surface area contributed by atoms with Crippen LogP contribution in [0.25, 0.3) is 0 Å². The van der Waals surface area contributed by atoms with E-state index >= 15 is 0 Å². The minimum absolute atomic E-state index is 0.561. The summed E-state index contributed by atoms with van der Waals surface area (Å²) in [6, 6.07) is 6.68. The first-order chi connectivity index (χ1) is 7.36. The molecule has 6 heteroatoms. The fourth-order valence-corrected chi connectivity index (χ4v) is 2.23. The standard InChI is InChI=1S/C10H13IO4S/c1-15-8-5-3-7(4-6-8)9(12)10(11)16(2,13)14/h3-6,9-10,12H,1-2H3/t9-,10+/m1/s1. The molecule has 0 amide bonds. The first-order valence-corrected chi connectivity index (χ1v) is 7.71. The second-order valence-corrected chi connectivity index (χ2v) is 7.75. The van der Waals surface area contributed by atoms with E-state index in [1.807, 2.05) is 0 Å². The van der Waals surface area contributed by atoms with Crippen molar-refractivity contribution in [3.05, 3.63) is 29.8 Å². The summed E-state index contributed by atoms with van der Waals surface area (Å²) in [6.45, 7) is 0. The van der Waals surface area contributed by atoms with Crippen LogP contribution >= 0.6 is 22.6 Å². The smallest absolute Gasteiger partial charge is 0.162 e. The summed E-state index contributed by atoms with van der Waals surface area (Å²) < 4.78 is 26.7. The molecular weight excluding hydrogens is 343 g/mol. The monoisotopic (exact) mass is 356 g/mol. The van der Waals surface area contributed by atoms with Gasteiger partial charge in [0, 0.05) is 6.26 Å². The highest BCUT2D eigenvalue weighted by Gasteiger charge is 2.27. The van der Waals surface area contributed by atoms with Gasteiger partial charge in [0.2, 0.25) is 0 Å². The first kappa shape index (κ1) is 13.7. The first-order valence-electron chi connectivity index (χ1n) is 4.51. The Labute approximate surface area is 109 Å². The maximum absolute atomic E-state index is 11.3. The van der Waals surface area contributed by atoms with Gasteiger partial charge in [0.25, 0.3) is 0 Å². The number of ether oxygens (including phenoxy) is 1. The normalized spacial score (nSPS) is 15.5. The summed E-state index contributed by atoms with van der Waals surface area (Å²) in [4.78, 5) is 0. The van der Waals surface area contributed by atoms with Gasteiger partial charge < -0.3 is 9.84 Å². The van der Waals surface area contributed by atoms with Crippen LogP contribution in [0, 0.1) is 0 Å². The van der Waals surface area contributed by atoms with Gasteiger partial charge in [-0.25, -0.2) is 8.42 Å². The van der Waals surface area contributed by atoms with Gasteiger partial charge in [-0.1, -0.05) is 34.7 Å². The average molecular weight is 356 g/mol. The van der Waals surface area contributed by atoms with Crippen molar-refractivity contribution in [3.8, 4) is 5.75 Å². The van der Waals surface area contributed by atoms with Gasteiger partial charge in [-0.3, -0.25) is 0 Å². The molecule has 0 fully saturated rings. The molecule has 2 atom stereocenters. The minimum atomic E-state index is -3.26. The third-order valence-corrected chi connectivity index (χ3v) is 6.64. The number of hydrogen-bond donors (Lipinski definition) is 1. The Morgan fingerprint density at radius 3 is 2.19 bits per heavy atom. The van der Waals surface area contributed by atoms with Gasteiger partial charge in [-0.2, -0.15) is 0 Å². The number of hydrogen-bond acceptors (Lipinski definition) is 4. The van der Waals surface area contributed by atoms with Crippen LogP contribution in [0.3, 0.4) is 0 Å². The molecular formula is C10H13IO4S. The zero-order chi connectivity index (χ0) is 12.3. The molecule has 0 aromatic heterocycles. The minimum Gasteiger partial charge on any atom is -0.497 e. The summed E-state index contributed by atoms with van der Waals surface area (Å²) in [5, 5.41) is 9.86. The van der Waals surface area contributed by atoms with Crippen LogP contribution in [-0.2, 0) is 9.84 Å². The second-order valence-electron chi connectivity index (χ2n) is 3.40. The van der Waals surface area contributed by atoms with Crippen LogP contribution in [0.15, 0.2) is 24.3 Å². The summed E-state index contributed by atoms with van der Waals surface area (Å²) in [6.07, 6.45) is 0.0816. The van der Waals surface area contributed by atoms with E-state index in [-0.39, 0.29) is 0 Å². The van der Waals surface area contributed by atoms with Gasteiger partial charge in [0.05, 0.1) is 7.11 Å². The molecule has 0 bridgehead atoms. The lowest BCUT2D eigenvalue weighted by molar-refractivity contribution is 0.197. The maximum Gasteiger partial charge on any atom is 0.162 e. The number of alkyl halides is 1. The van der Waals surface area contributed by atoms with E-state index in [1.165, 1.54) is 0 Å². The van der Waals surface area contributed by atoms with Crippen molar-refractivity contribution >= 4 is 32.4 Å². The van der Waals surface area contributed by atoms with E-state index in [1.54, 1.807) is 54.0 Å². The summed E-state index contributed by atoms with van der Waals surface area (Å²) >= 11 is 1.73. The molecule has 1 aromatic rings. The molecule has 1 rings (SSSR count). The van der Waals surface area contributed by atoms with E-state index in [9.17, 15) is 13.5 Å². The Kier molecular flexibility index (Phi) is 4.57. The zero-order valence-corrected chi connectivity index (χ0v) is 11.9. The number of methoxy groups -OCH3 is 1. The van der Waals surface area contributed by atoms with E-state index in [0.29, 0.717) is 11.3 Å². The van der Waals surface area contributed by atoms with Crippen LogP contribution in [0.5, 0.6) is 5.75 Å². The topological polar surface area (TPSA) is 63.6 Å². The number of rotatable bonds is 4. The molecule has 0 aliphatic carbocycles. The van der Waals surface area contributed by atoms with Crippen molar-refractivity contribution in [1.29, 1.82) is 0 Å². The van der Waals surface area contributed by atoms with E-state index in [2.05, 4.69) is 0 Å². The summed E-state index contributed by atoms with van der Waals surface area (Å²) in [5.41, 5.74) is 0.561. The highest BCUT2D eigenvalue weighted by molar-refractivity contribution is 14.1. The van der Waals surface area contributed by atoms with E-state index in [4.69, 9.17) is 4.74 Å². The number of benzene rings is 1. The SMILES string of the molecule is COc1ccc([C@@H](O)[C@@H](I)S(C)(=O)=O)cc1. The van der Waals surface area contributed by atoms with Gasteiger partial charge in [0.15, 0.2) is 9.84 Å². The molecule has 0 aliphatic heterocycles. The van der Waals surface area contributed by atoms with Gasteiger partial charge in [-0.15, -0.1) is 0 Å². The third kappa shape index (κ3) is 3.33. The Balaban J connectivity index is 2.92. The average Bonchev–Trinajstić information content (AvgIpc) is 2.26. The second kappa shape index (κ2) is 5.33. The molecule has 0 aliphatic rings. The highest BCUT2D eigenvalue weighted by atomic mass is 127. The molecule has 16 heavy (non-hydrogen) atoms. The molecule has 0 heterocycles. The lowest BCUT2D eigenvalue weighted by Gasteiger charge is -2.16. The predicted octanol–water partition coefficient (Wildman–Crippen LogP) is 1.53. The Bertz CT molecular complexity index is 440. The predicted molar refractivity (Wildman–Crippen MR) is 70.6 cm³/mol. The van der Waals surface area contributed by atoms with Crippen molar-refractivity contribution in [2.75, 3.05) is 13.4 Å². The molecule has 0 spiro atoms. The number of halogens is 1. The quantitative estimate of drug-likeness (QED) is 0.657. The molecule has 0 radical (unpaired) electrons. The zero-order valence-electron chi connectivity index (χ0n) is 8.92. The molecule has 90 valence electrons. The van der Waals surface area contributed by atoms with E-state index in [0.717, 1.165) is 6.26 Å². The molecule has 0 saturated carbocycles. The van der Waals surface area contributed by atoms with Gasteiger partial charge in [0.1, 0.15) is 15.1 Å². The van der Waals surface area contributed by atoms with E-state index < -0.39 is 19.2 Å². The summed E-state index contributed by atoms with van der Waals surface area (Å²) in [5.74, 6) is 0.667. The van der Waals surface area contributed by atoms with Crippen LogP contribution in [0.2, 0.25) is 0 Å². The Morgan fingerprint density at radius 2 is 1.81 bits per heavy atom. The van der Waals surface area contributed by atoms with Crippen molar-refractivity contribution < 1.29 is 18.3 Å². The largest absolute Gasteiger partial charge is 0.497 e. The van der Waals surface area contributed by atoms with Gasteiger partial charge in [-0.05, 0) is 17.7 Å². The highest BCUT2D eigenvalue weighted by Crippen LogP contribution is 2.27. The van der Waals surface area contributed by atoms with Crippen LogP contribution < -0.4 is 4.74 Å². The van der Waals surface area contributed by atoms with Crippen LogP contribution in [-0.4, -0.2) is 30.1 Å². The lowest BCUT2D eigenvalue weighted by Crippen LogP contribution is -2.21. The maximum atomic E-state index is 11.3. The van der Waals surface area contributed by atoms with Crippen LogP contribution in [0.1, 0.15) is 11.7 Å². The number of sulfone groups is 1.